The average Bonchev–Trinajstić information content (AvgIpc) is 2.10. The van der Waals surface area contributed by atoms with E-state index in [2.05, 4.69) is 42.8 Å². The van der Waals surface area contributed by atoms with Crippen molar-refractivity contribution >= 4 is 15.9 Å². The average molecular weight is 257 g/mol. The van der Waals surface area contributed by atoms with Gasteiger partial charge in [0.05, 0.1) is 6.61 Å². The standard InChI is InChI=1S/C12H17BrO/c1-9(2)6-7-14-11-4-5-12(13)10(3)8-11/h4-5,8-9H,6-7H2,1-3H3. The minimum absolute atomic E-state index is 0.701. The highest BCUT2D eigenvalue weighted by Gasteiger charge is 1.99. The first-order chi connectivity index (χ1) is 6.59. The summed E-state index contributed by atoms with van der Waals surface area (Å²) in [6, 6.07) is 6.09. The number of halogens is 1. The van der Waals surface area contributed by atoms with Gasteiger partial charge in [-0.2, -0.15) is 0 Å². The van der Waals surface area contributed by atoms with Crippen molar-refractivity contribution in [2.75, 3.05) is 6.61 Å². The maximum atomic E-state index is 5.63. The van der Waals surface area contributed by atoms with Gasteiger partial charge in [0.15, 0.2) is 0 Å². The predicted molar refractivity (Wildman–Crippen MR) is 63.8 cm³/mol. The van der Waals surface area contributed by atoms with E-state index in [1.807, 2.05) is 12.1 Å². The lowest BCUT2D eigenvalue weighted by Crippen LogP contribution is -2.01. The lowest BCUT2D eigenvalue weighted by molar-refractivity contribution is 0.289. The van der Waals surface area contributed by atoms with E-state index in [0.717, 1.165) is 23.2 Å². The summed E-state index contributed by atoms with van der Waals surface area (Å²) in [5.74, 6) is 1.66. The Balaban J connectivity index is 2.47. The summed E-state index contributed by atoms with van der Waals surface area (Å²) in [5, 5.41) is 0. The van der Waals surface area contributed by atoms with Crippen LogP contribution in [0.15, 0.2) is 22.7 Å². The molecular formula is C12H17BrO. The molecule has 0 N–H and O–H groups in total. The number of ether oxygens (including phenoxy) is 1. The van der Waals surface area contributed by atoms with Gasteiger partial charge in [-0.25, -0.2) is 0 Å². The van der Waals surface area contributed by atoms with Crippen molar-refractivity contribution in [3.63, 3.8) is 0 Å². The fourth-order valence-electron chi connectivity index (χ4n) is 1.12. The normalized spacial score (nSPS) is 10.6. The van der Waals surface area contributed by atoms with E-state index in [4.69, 9.17) is 4.74 Å². The number of hydrogen-bond donors (Lipinski definition) is 0. The van der Waals surface area contributed by atoms with Gasteiger partial charge in [0.2, 0.25) is 0 Å². The Hall–Kier alpha value is -0.500. The molecule has 0 fully saturated rings. The topological polar surface area (TPSA) is 9.23 Å². The predicted octanol–water partition coefficient (Wildman–Crippen LogP) is 4.18. The molecule has 1 nitrogen and oxygen atoms in total. The Morgan fingerprint density at radius 1 is 1.36 bits per heavy atom. The summed E-state index contributed by atoms with van der Waals surface area (Å²) in [7, 11) is 0. The first kappa shape index (κ1) is 11.6. The molecule has 1 aromatic rings. The lowest BCUT2D eigenvalue weighted by Gasteiger charge is -2.09. The van der Waals surface area contributed by atoms with Crippen LogP contribution in [-0.4, -0.2) is 6.61 Å². The van der Waals surface area contributed by atoms with Crippen molar-refractivity contribution < 1.29 is 4.74 Å². The van der Waals surface area contributed by atoms with E-state index in [1.165, 1.54) is 5.56 Å². The first-order valence-electron chi connectivity index (χ1n) is 4.98. The highest BCUT2D eigenvalue weighted by Crippen LogP contribution is 2.21. The molecule has 0 saturated carbocycles. The summed E-state index contributed by atoms with van der Waals surface area (Å²) in [6.07, 6.45) is 1.11. The second-order valence-electron chi connectivity index (χ2n) is 3.94. The van der Waals surface area contributed by atoms with Crippen LogP contribution in [0.3, 0.4) is 0 Å². The molecule has 0 bridgehead atoms. The fraction of sp³-hybridized carbons (Fsp3) is 0.500. The summed E-state index contributed by atoms with van der Waals surface area (Å²) in [5.41, 5.74) is 1.21. The molecule has 14 heavy (non-hydrogen) atoms. The molecule has 0 radical (unpaired) electrons. The Bertz CT molecular complexity index is 294. The third-order valence-corrected chi connectivity index (χ3v) is 2.98. The smallest absolute Gasteiger partial charge is 0.119 e. The minimum Gasteiger partial charge on any atom is -0.494 e. The van der Waals surface area contributed by atoms with E-state index in [1.54, 1.807) is 0 Å². The lowest BCUT2D eigenvalue weighted by atomic mass is 10.1. The van der Waals surface area contributed by atoms with E-state index in [0.29, 0.717) is 5.92 Å². The van der Waals surface area contributed by atoms with Crippen LogP contribution in [0.25, 0.3) is 0 Å². The number of benzene rings is 1. The van der Waals surface area contributed by atoms with Gasteiger partial charge in [0.25, 0.3) is 0 Å². The Morgan fingerprint density at radius 2 is 2.07 bits per heavy atom. The van der Waals surface area contributed by atoms with E-state index >= 15 is 0 Å². The molecule has 0 aliphatic rings. The highest BCUT2D eigenvalue weighted by molar-refractivity contribution is 9.10. The number of rotatable bonds is 4. The molecule has 1 aromatic carbocycles. The molecule has 2 heteroatoms. The van der Waals surface area contributed by atoms with Crippen LogP contribution < -0.4 is 4.74 Å². The van der Waals surface area contributed by atoms with Gasteiger partial charge in [0.1, 0.15) is 5.75 Å². The zero-order valence-corrected chi connectivity index (χ0v) is 10.6. The van der Waals surface area contributed by atoms with Crippen LogP contribution in [0.1, 0.15) is 25.8 Å². The Morgan fingerprint density at radius 3 is 2.64 bits per heavy atom. The maximum absolute atomic E-state index is 5.63. The fourth-order valence-corrected chi connectivity index (χ4v) is 1.37. The van der Waals surface area contributed by atoms with Crippen LogP contribution >= 0.6 is 15.9 Å². The van der Waals surface area contributed by atoms with Crippen molar-refractivity contribution in [2.45, 2.75) is 27.2 Å². The SMILES string of the molecule is Cc1cc(OCCC(C)C)ccc1Br. The molecule has 0 aromatic heterocycles. The zero-order valence-electron chi connectivity index (χ0n) is 9.01. The van der Waals surface area contributed by atoms with E-state index < -0.39 is 0 Å². The molecule has 78 valence electrons. The molecule has 0 aliphatic heterocycles. The van der Waals surface area contributed by atoms with Gasteiger partial charge in [-0.15, -0.1) is 0 Å². The molecule has 0 unspecified atom stereocenters. The Labute approximate surface area is 94.6 Å². The van der Waals surface area contributed by atoms with Gasteiger partial charge in [0, 0.05) is 4.47 Å². The summed E-state index contributed by atoms with van der Waals surface area (Å²) in [4.78, 5) is 0. The molecule has 0 aliphatic carbocycles. The van der Waals surface area contributed by atoms with E-state index in [-0.39, 0.29) is 0 Å². The van der Waals surface area contributed by atoms with E-state index in [9.17, 15) is 0 Å². The summed E-state index contributed by atoms with van der Waals surface area (Å²) >= 11 is 3.47. The Kier molecular flexibility index (Phi) is 4.46. The van der Waals surface area contributed by atoms with Crippen molar-refractivity contribution in [2.24, 2.45) is 5.92 Å². The van der Waals surface area contributed by atoms with Gasteiger partial charge >= 0.3 is 0 Å². The molecule has 0 atom stereocenters. The second-order valence-corrected chi connectivity index (χ2v) is 4.80. The van der Waals surface area contributed by atoms with Gasteiger partial charge < -0.3 is 4.74 Å². The first-order valence-corrected chi connectivity index (χ1v) is 5.78. The van der Waals surface area contributed by atoms with Crippen LogP contribution in [0.2, 0.25) is 0 Å². The molecule has 0 saturated heterocycles. The monoisotopic (exact) mass is 256 g/mol. The largest absolute Gasteiger partial charge is 0.494 e. The summed E-state index contributed by atoms with van der Waals surface area (Å²) in [6.45, 7) is 7.28. The van der Waals surface area contributed by atoms with Gasteiger partial charge in [-0.3, -0.25) is 0 Å². The van der Waals surface area contributed by atoms with Crippen molar-refractivity contribution in [1.82, 2.24) is 0 Å². The molecule has 0 amide bonds. The summed E-state index contributed by atoms with van der Waals surface area (Å²) < 4.78 is 6.76. The molecule has 1 rings (SSSR count). The highest BCUT2D eigenvalue weighted by atomic mass is 79.9. The molecule has 0 heterocycles. The van der Waals surface area contributed by atoms with Crippen LogP contribution in [0, 0.1) is 12.8 Å². The maximum Gasteiger partial charge on any atom is 0.119 e. The van der Waals surface area contributed by atoms with Crippen molar-refractivity contribution in [1.29, 1.82) is 0 Å². The second kappa shape index (κ2) is 5.40. The zero-order chi connectivity index (χ0) is 10.6. The minimum atomic E-state index is 0.701. The molecular weight excluding hydrogens is 240 g/mol. The van der Waals surface area contributed by atoms with Gasteiger partial charge in [-0.1, -0.05) is 29.8 Å². The van der Waals surface area contributed by atoms with Crippen molar-refractivity contribution in [3.05, 3.63) is 28.2 Å². The van der Waals surface area contributed by atoms with Crippen LogP contribution in [-0.2, 0) is 0 Å². The number of aryl methyl sites for hydroxylation is 1. The third-order valence-electron chi connectivity index (χ3n) is 2.09. The van der Waals surface area contributed by atoms with Gasteiger partial charge in [-0.05, 0) is 43.0 Å². The van der Waals surface area contributed by atoms with Crippen molar-refractivity contribution in [3.8, 4) is 5.75 Å². The van der Waals surface area contributed by atoms with Crippen LogP contribution in [0.5, 0.6) is 5.75 Å². The quantitative estimate of drug-likeness (QED) is 0.786. The third kappa shape index (κ3) is 3.70. The van der Waals surface area contributed by atoms with Crippen LogP contribution in [0.4, 0.5) is 0 Å². The number of hydrogen-bond acceptors (Lipinski definition) is 1. The molecule has 0 spiro atoms.